The van der Waals surface area contributed by atoms with Crippen molar-refractivity contribution in [1.29, 1.82) is 0 Å². The molecule has 1 heterocycles. The molecule has 0 saturated heterocycles. The van der Waals surface area contributed by atoms with E-state index >= 15 is 0 Å². The predicted molar refractivity (Wildman–Crippen MR) is 111 cm³/mol. The maximum absolute atomic E-state index is 13.4. The van der Waals surface area contributed by atoms with E-state index in [0.717, 1.165) is 3.97 Å². The second kappa shape index (κ2) is 7.14. The van der Waals surface area contributed by atoms with E-state index in [1.165, 1.54) is 24.4 Å². The average molecular weight is 427 g/mol. The summed E-state index contributed by atoms with van der Waals surface area (Å²) >= 11 is 0. The molecule has 4 rings (SSSR count). The minimum Gasteiger partial charge on any atom is -0.326 e. The van der Waals surface area contributed by atoms with E-state index in [9.17, 15) is 16.8 Å². The van der Waals surface area contributed by atoms with E-state index < -0.39 is 19.9 Å². The van der Waals surface area contributed by atoms with Crippen LogP contribution in [0.4, 0.5) is 0 Å². The van der Waals surface area contributed by atoms with Crippen molar-refractivity contribution in [3.63, 3.8) is 0 Å². The molecule has 2 N–H and O–H groups in total. The normalized spacial score (nSPS) is 12.3. The third kappa shape index (κ3) is 3.15. The molecule has 0 spiro atoms. The second-order valence-electron chi connectivity index (χ2n) is 6.44. The Labute approximate surface area is 169 Å². The number of hydrogen-bond acceptors (Lipinski definition) is 5. The van der Waals surface area contributed by atoms with Crippen molar-refractivity contribution >= 4 is 30.8 Å². The number of rotatable bonds is 5. The average Bonchev–Trinajstić information content (AvgIpc) is 3.16. The van der Waals surface area contributed by atoms with Crippen LogP contribution in [-0.2, 0) is 26.4 Å². The lowest BCUT2D eigenvalue weighted by atomic mass is 10.2. The molecule has 0 bridgehead atoms. The standard InChI is InChI=1S/C21H18N2O4S2/c22-14-16-8-4-7-13-20(16)28(24,25)21-15-23(19-12-6-5-11-18(19)21)29(26,27)17-9-2-1-3-10-17/h1-13,15H,14,22H2. The molecule has 29 heavy (non-hydrogen) atoms. The first-order chi connectivity index (χ1) is 13.9. The highest BCUT2D eigenvalue weighted by atomic mass is 32.2. The number of fused-ring (bicyclic) bond motifs is 1. The van der Waals surface area contributed by atoms with Crippen LogP contribution in [0.5, 0.6) is 0 Å². The maximum atomic E-state index is 13.4. The molecule has 0 amide bonds. The van der Waals surface area contributed by atoms with Gasteiger partial charge < -0.3 is 5.73 Å². The Morgan fingerprint density at radius 1 is 0.724 bits per heavy atom. The predicted octanol–water partition coefficient (Wildman–Crippen LogP) is 3.17. The number of para-hydroxylation sites is 1. The Kier molecular flexibility index (Phi) is 4.77. The Morgan fingerprint density at radius 2 is 1.34 bits per heavy atom. The molecule has 0 saturated carbocycles. The van der Waals surface area contributed by atoms with Crippen molar-refractivity contribution in [2.75, 3.05) is 0 Å². The Balaban J connectivity index is 2.02. The topological polar surface area (TPSA) is 99.2 Å². The molecule has 0 aliphatic heterocycles. The van der Waals surface area contributed by atoms with Gasteiger partial charge in [0, 0.05) is 18.1 Å². The maximum Gasteiger partial charge on any atom is 0.268 e. The van der Waals surface area contributed by atoms with E-state index in [2.05, 4.69) is 0 Å². The van der Waals surface area contributed by atoms with Gasteiger partial charge in [-0.25, -0.2) is 20.8 Å². The summed E-state index contributed by atoms with van der Waals surface area (Å²) < 4.78 is 54.3. The van der Waals surface area contributed by atoms with Gasteiger partial charge in [-0.05, 0) is 29.8 Å². The van der Waals surface area contributed by atoms with Gasteiger partial charge in [-0.3, -0.25) is 0 Å². The van der Waals surface area contributed by atoms with Gasteiger partial charge in [0.15, 0.2) is 0 Å². The third-order valence-electron chi connectivity index (χ3n) is 4.71. The van der Waals surface area contributed by atoms with Crippen LogP contribution in [0.3, 0.4) is 0 Å². The number of nitrogens with zero attached hydrogens (tertiary/aromatic N) is 1. The molecule has 0 aliphatic rings. The summed E-state index contributed by atoms with van der Waals surface area (Å²) in [4.78, 5) is 0.0723. The molecule has 1 aromatic heterocycles. The number of benzene rings is 3. The van der Waals surface area contributed by atoms with Crippen LogP contribution in [0, 0.1) is 0 Å². The van der Waals surface area contributed by atoms with E-state index in [1.807, 2.05) is 0 Å². The summed E-state index contributed by atoms with van der Waals surface area (Å²) in [7, 11) is -7.97. The quantitative estimate of drug-likeness (QED) is 0.528. The monoisotopic (exact) mass is 426 g/mol. The van der Waals surface area contributed by atoms with Crippen molar-refractivity contribution in [1.82, 2.24) is 3.97 Å². The zero-order chi connectivity index (χ0) is 20.6. The molecule has 148 valence electrons. The molecule has 0 atom stereocenters. The van der Waals surface area contributed by atoms with Gasteiger partial charge in [0.05, 0.1) is 20.2 Å². The Hall–Kier alpha value is -2.94. The SMILES string of the molecule is NCc1ccccc1S(=O)(=O)c1cn(S(=O)(=O)c2ccccc2)c2ccccc12. The minimum absolute atomic E-state index is 0.0519. The molecular weight excluding hydrogens is 408 g/mol. The minimum atomic E-state index is -4.00. The Morgan fingerprint density at radius 3 is 2.07 bits per heavy atom. The van der Waals surface area contributed by atoms with Gasteiger partial charge in [0.2, 0.25) is 9.84 Å². The van der Waals surface area contributed by atoms with E-state index in [-0.39, 0.29) is 21.2 Å². The van der Waals surface area contributed by atoms with Gasteiger partial charge in [-0.1, -0.05) is 54.6 Å². The van der Waals surface area contributed by atoms with Crippen molar-refractivity contribution < 1.29 is 16.8 Å². The fourth-order valence-electron chi connectivity index (χ4n) is 3.29. The molecule has 4 aromatic rings. The molecular formula is C21H18N2O4S2. The van der Waals surface area contributed by atoms with Crippen LogP contribution >= 0.6 is 0 Å². The first-order valence-electron chi connectivity index (χ1n) is 8.81. The molecule has 0 fully saturated rings. The summed E-state index contributed by atoms with van der Waals surface area (Å²) in [5, 5.41) is 0.332. The molecule has 3 aromatic carbocycles. The van der Waals surface area contributed by atoms with Crippen LogP contribution in [0.1, 0.15) is 5.56 Å². The number of hydrogen-bond donors (Lipinski definition) is 1. The van der Waals surface area contributed by atoms with Gasteiger partial charge in [-0.2, -0.15) is 0 Å². The zero-order valence-corrected chi connectivity index (χ0v) is 16.9. The van der Waals surface area contributed by atoms with Gasteiger partial charge in [0.1, 0.15) is 0 Å². The highest BCUT2D eigenvalue weighted by molar-refractivity contribution is 7.92. The summed E-state index contributed by atoms with van der Waals surface area (Å²) in [5.74, 6) is 0. The fraction of sp³-hybridized carbons (Fsp3) is 0.0476. The number of sulfone groups is 1. The highest BCUT2D eigenvalue weighted by Gasteiger charge is 2.28. The zero-order valence-electron chi connectivity index (χ0n) is 15.3. The molecule has 6 nitrogen and oxygen atoms in total. The fourth-order valence-corrected chi connectivity index (χ4v) is 6.45. The van der Waals surface area contributed by atoms with Crippen molar-refractivity contribution in [2.45, 2.75) is 21.2 Å². The lowest BCUT2D eigenvalue weighted by Gasteiger charge is -2.08. The third-order valence-corrected chi connectivity index (χ3v) is 8.28. The van der Waals surface area contributed by atoms with Crippen LogP contribution < -0.4 is 5.73 Å². The van der Waals surface area contributed by atoms with Crippen LogP contribution in [0.2, 0.25) is 0 Å². The van der Waals surface area contributed by atoms with Gasteiger partial charge in [0.25, 0.3) is 10.0 Å². The molecule has 0 radical (unpaired) electrons. The molecule has 0 unspecified atom stereocenters. The molecule has 8 heteroatoms. The van der Waals surface area contributed by atoms with E-state index in [1.54, 1.807) is 60.7 Å². The van der Waals surface area contributed by atoms with Crippen LogP contribution in [0.15, 0.2) is 99.7 Å². The summed E-state index contributed by atoms with van der Waals surface area (Å²) in [6.07, 6.45) is 1.18. The summed E-state index contributed by atoms with van der Waals surface area (Å²) in [5.41, 5.74) is 6.48. The van der Waals surface area contributed by atoms with E-state index in [0.29, 0.717) is 16.5 Å². The van der Waals surface area contributed by atoms with Crippen molar-refractivity contribution in [3.8, 4) is 0 Å². The molecule has 0 aliphatic carbocycles. The van der Waals surface area contributed by atoms with Gasteiger partial charge in [-0.15, -0.1) is 0 Å². The Bertz CT molecular complexity index is 1410. The van der Waals surface area contributed by atoms with Crippen molar-refractivity contribution in [3.05, 3.63) is 90.6 Å². The van der Waals surface area contributed by atoms with E-state index in [4.69, 9.17) is 5.73 Å². The summed E-state index contributed by atoms with van der Waals surface area (Å²) in [6.45, 7) is 0.0519. The first kappa shape index (κ1) is 19.4. The first-order valence-corrected chi connectivity index (χ1v) is 11.7. The highest BCUT2D eigenvalue weighted by Crippen LogP contribution is 2.33. The summed E-state index contributed by atoms with van der Waals surface area (Å²) in [6, 6.07) is 20.9. The lowest BCUT2D eigenvalue weighted by molar-refractivity contribution is 0.588. The number of aromatic nitrogens is 1. The van der Waals surface area contributed by atoms with Gasteiger partial charge >= 0.3 is 0 Å². The largest absolute Gasteiger partial charge is 0.326 e. The van der Waals surface area contributed by atoms with Crippen LogP contribution in [-0.4, -0.2) is 20.8 Å². The lowest BCUT2D eigenvalue weighted by Crippen LogP contribution is -2.12. The smallest absolute Gasteiger partial charge is 0.268 e. The van der Waals surface area contributed by atoms with Crippen molar-refractivity contribution in [2.24, 2.45) is 5.73 Å². The second-order valence-corrected chi connectivity index (χ2v) is 10.1. The number of nitrogens with two attached hydrogens (primary N) is 1. The van der Waals surface area contributed by atoms with Crippen LogP contribution in [0.25, 0.3) is 10.9 Å².